The van der Waals surface area contributed by atoms with Gasteiger partial charge in [0.15, 0.2) is 0 Å². The van der Waals surface area contributed by atoms with Gasteiger partial charge in [-0.05, 0) is 54.3 Å². The number of anilines is 1. The first-order valence-electron chi connectivity index (χ1n) is 14.1. The molecule has 39 heavy (non-hydrogen) atoms. The SMILES string of the molecule is O=C(Cl)c1ccc(N(CCCCCCCCCCCCCCCC(F)(F)F)C(=O)OCc2ccccc2)cc1. The summed E-state index contributed by atoms with van der Waals surface area (Å²) in [5.74, 6) is 0. The molecule has 0 N–H and O–H groups in total. The second-order valence-corrected chi connectivity index (χ2v) is 10.3. The minimum Gasteiger partial charge on any atom is -0.444 e. The lowest BCUT2D eigenvalue weighted by atomic mass is 10.0. The molecule has 1 amide bonds. The van der Waals surface area contributed by atoms with E-state index in [1.165, 1.54) is 19.3 Å². The Bertz CT molecular complexity index is 952. The van der Waals surface area contributed by atoms with Crippen molar-refractivity contribution in [2.45, 2.75) is 103 Å². The van der Waals surface area contributed by atoms with E-state index in [0.717, 1.165) is 56.9 Å². The number of hydrogen-bond donors (Lipinski definition) is 0. The first kappa shape index (κ1) is 32.7. The van der Waals surface area contributed by atoms with Gasteiger partial charge >= 0.3 is 12.3 Å². The van der Waals surface area contributed by atoms with Crippen molar-refractivity contribution in [3.05, 3.63) is 65.7 Å². The zero-order chi connectivity index (χ0) is 28.3. The van der Waals surface area contributed by atoms with Crippen molar-refractivity contribution in [3.8, 4) is 0 Å². The van der Waals surface area contributed by atoms with Crippen molar-refractivity contribution < 1.29 is 27.5 Å². The zero-order valence-corrected chi connectivity index (χ0v) is 23.4. The van der Waals surface area contributed by atoms with Crippen LogP contribution in [0.4, 0.5) is 23.7 Å². The summed E-state index contributed by atoms with van der Waals surface area (Å²) < 4.78 is 41.9. The van der Waals surface area contributed by atoms with Crippen molar-refractivity contribution in [1.29, 1.82) is 0 Å². The van der Waals surface area contributed by atoms with Gasteiger partial charge in [-0.3, -0.25) is 9.69 Å². The summed E-state index contributed by atoms with van der Waals surface area (Å²) in [4.78, 5) is 25.9. The molecular formula is C31H41ClF3NO3. The van der Waals surface area contributed by atoms with Gasteiger partial charge in [0.1, 0.15) is 6.61 Å². The van der Waals surface area contributed by atoms with Gasteiger partial charge in [-0.15, -0.1) is 0 Å². The van der Waals surface area contributed by atoms with E-state index in [4.69, 9.17) is 16.3 Å². The summed E-state index contributed by atoms with van der Waals surface area (Å²) in [5, 5.41) is -0.542. The van der Waals surface area contributed by atoms with Crippen LogP contribution >= 0.6 is 11.6 Å². The van der Waals surface area contributed by atoms with E-state index in [-0.39, 0.29) is 13.0 Å². The maximum atomic E-state index is 12.9. The van der Waals surface area contributed by atoms with Crippen molar-refractivity contribution in [2.75, 3.05) is 11.4 Å². The van der Waals surface area contributed by atoms with Crippen LogP contribution in [0.3, 0.4) is 0 Å². The minimum atomic E-state index is -4.02. The number of unbranched alkanes of at least 4 members (excludes halogenated alkanes) is 12. The second kappa shape index (κ2) is 18.7. The summed E-state index contributed by atoms with van der Waals surface area (Å²) in [7, 11) is 0. The number of rotatable bonds is 19. The molecule has 2 aromatic carbocycles. The molecule has 0 atom stereocenters. The van der Waals surface area contributed by atoms with Crippen LogP contribution in [0.5, 0.6) is 0 Å². The molecule has 0 aromatic heterocycles. The van der Waals surface area contributed by atoms with E-state index in [2.05, 4.69) is 0 Å². The van der Waals surface area contributed by atoms with Gasteiger partial charge in [0, 0.05) is 24.2 Å². The zero-order valence-electron chi connectivity index (χ0n) is 22.7. The normalized spacial score (nSPS) is 11.4. The van der Waals surface area contributed by atoms with E-state index >= 15 is 0 Å². The number of hydrogen-bond acceptors (Lipinski definition) is 3. The van der Waals surface area contributed by atoms with Crippen LogP contribution in [0.15, 0.2) is 54.6 Å². The third-order valence-corrected chi connectivity index (χ3v) is 6.89. The average molecular weight is 568 g/mol. The predicted octanol–water partition coefficient (Wildman–Crippen LogP) is 10.2. The van der Waals surface area contributed by atoms with Gasteiger partial charge in [0.05, 0.1) is 0 Å². The predicted molar refractivity (Wildman–Crippen MR) is 151 cm³/mol. The lowest BCUT2D eigenvalue weighted by molar-refractivity contribution is -0.135. The molecule has 0 bridgehead atoms. The van der Waals surface area contributed by atoms with Crippen LogP contribution in [0.1, 0.15) is 106 Å². The first-order valence-corrected chi connectivity index (χ1v) is 14.5. The van der Waals surface area contributed by atoms with E-state index < -0.39 is 23.9 Å². The molecule has 0 fully saturated rings. The molecule has 8 heteroatoms. The van der Waals surface area contributed by atoms with Crippen LogP contribution in [0, 0.1) is 0 Å². The van der Waals surface area contributed by atoms with Crippen LogP contribution in [-0.4, -0.2) is 24.1 Å². The fraction of sp³-hybridized carbons (Fsp3) is 0.548. The van der Waals surface area contributed by atoms with Gasteiger partial charge in [-0.2, -0.15) is 13.2 Å². The van der Waals surface area contributed by atoms with Crippen LogP contribution in [-0.2, 0) is 11.3 Å². The monoisotopic (exact) mass is 567 g/mol. The van der Waals surface area contributed by atoms with Crippen LogP contribution in [0.25, 0.3) is 0 Å². The Morgan fingerprint density at radius 1 is 0.692 bits per heavy atom. The highest BCUT2D eigenvalue weighted by Gasteiger charge is 2.25. The first-order chi connectivity index (χ1) is 18.8. The molecule has 0 heterocycles. The van der Waals surface area contributed by atoms with Gasteiger partial charge in [0.25, 0.3) is 5.24 Å². The Morgan fingerprint density at radius 2 is 1.18 bits per heavy atom. The van der Waals surface area contributed by atoms with E-state index in [1.54, 1.807) is 29.2 Å². The van der Waals surface area contributed by atoms with Crippen molar-refractivity contribution >= 4 is 28.6 Å². The quantitative estimate of drug-likeness (QED) is 0.125. The number of amides is 1. The summed E-state index contributed by atoms with van der Waals surface area (Å²) in [6, 6.07) is 16.1. The van der Waals surface area contributed by atoms with E-state index in [1.807, 2.05) is 30.3 Å². The number of alkyl halides is 3. The summed E-state index contributed by atoms with van der Waals surface area (Å²) in [6.45, 7) is 0.706. The Hall–Kier alpha value is -2.54. The molecule has 2 rings (SSSR count). The summed E-state index contributed by atoms with van der Waals surface area (Å²) >= 11 is 5.55. The molecule has 216 valence electrons. The standard InChI is InChI=1S/C31H41ClF3NO3/c32-29(37)27-19-21-28(22-20-27)36(30(38)39-25-26-17-13-12-14-18-26)24-16-11-9-7-5-3-1-2-4-6-8-10-15-23-31(33,34)35/h12-14,17-22H,1-11,15-16,23-25H2. The fourth-order valence-electron chi connectivity index (χ4n) is 4.44. The minimum absolute atomic E-state index is 0.187. The molecule has 2 aromatic rings. The molecule has 0 aliphatic heterocycles. The maximum absolute atomic E-state index is 12.9. The Labute approximate surface area is 235 Å². The number of ether oxygens (including phenoxy) is 1. The molecule has 4 nitrogen and oxygen atoms in total. The molecule has 0 spiro atoms. The molecule has 0 saturated heterocycles. The van der Waals surface area contributed by atoms with Crippen molar-refractivity contribution in [3.63, 3.8) is 0 Å². The van der Waals surface area contributed by atoms with Gasteiger partial charge < -0.3 is 4.74 Å². The van der Waals surface area contributed by atoms with Crippen molar-refractivity contribution in [1.82, 2.24) is 0 Å². The molecule has 0 aliphatic carbocycles. The van der Waals surface area contributed by atoms with E-state index in [9.17, 15) is 22.8 Å². The highest BCUT2D eigenvalue weighted by Crippen LogP contribution is 2.23. The number of halogens is 4. The topological polar surface area (TPSA) is 46.6 Å². The molecule has 0 aliphatic rings. The van der Waals surface area contributed by atoms with E-state index in [0.29, 0.717) is 24.2 Å². The molecular weight excluding hydrogens is 527 g/mol. The Morgan fingerprint density at radius 3 is 1.67 bits per heavy atom. The number of benzene rings is 2. The third-order valence-electron chi connectivity index (χ3n) is 6.67. The third kappa shape index (κ3) is 15.0. The van der Waals surface area contributed by atoms with Crippen molar-refractivity contribution in [2.24, 2.45) is 0 Å². The smallest absolute Gasteiger partial charge is 0.414 e. The summed E-state index contributed by atoms with van der Waals surface area (Å²) in [6.07, 6.45) is 7.55. The Balaban J connectivity index is 1.62. The second-order valence-electron chi connectivity index (χ2n) is 9.97. The lowest BCUT2D eigenvalue weighted by Crippen LogP contribution is -2.32. The maximum Gasteiger partial charge on any atom is 0.414 e. The highest BCUT2D eigenvalue weighted by molar-refractivity contribution is 6.67. The van der Waals surface area contributed by atoms with Gasteiger partial charge in [-0.25, -0.2) is 4.79 Å². The largest absolute Gasteiger partial charge is 0.444 e. The number of carbonyl (C=O) groups is 2. The number of carbonyl (C=O) groups excluding carboxylic acids is 2. The van der Waals surface area contributed by atoms with Gasteiger partial charge in [0.2, 0.25) is 0 Å². The lowest BCUT2D eigenvalue weighted by Gasteiger charge is -2.22. The molecule has 0 radical (unpaired) electrons. The Kier molecular flexibility index (Phi) is 15.7. The fourth-order valence-corrected chi connectivity index (χ4v) is 4.56. The summed E-state index contributed by atoms with van der Waals surface area (Å²) in [5.41, 5.74) is 1.95. The van der Waals surface area contributed by atoms with Gasteiger partial charge in [-0.1, -0.05) is 101 Å². The van der Waals surface area contributed by atoms with Crippen LogP contribution in [0.2, 0.25) is 0 Å². The molecule has 0 saturated carbocycles. The molecule has 0 unspecified atom stereocenters. The van der Waals surface area contributed by atoms with Crippen LogP contribution < -0.4 is 4.90 Å². The number of nitrogens with zero attached hydrogens (tertiary/aromatic N) is 1. The highest BCUT2D eigenvalue weighted by atomic mass is 35.5. The average Bonchev–Trinajstić information content (AvgIpc) is 2.91.